The highest BCUT2D eigenvalue weighted by molar-refractivity contribution is 5.92. The van der Waals surface area contributed by atoms with E-state index in [1.165, 1.54) is 13.8 Å². The first-order valence-electron chi connectivity index (χ1n) is 8.93. The van der Waals surface area contributed by atoms with Crippen molar-refractivity contribution in [2.24, 2.45) is 11.5 Å². The first-order chi connectivity index (χ1) is 13.0. The number of amides is 3. The first-order valence-corrected chi connectivity index (χ1v) is 8.93. The largest absolute Gasteiger partial charge is 0.480 e. The number of aliphatic hydroxyl groups is 2. The molecule has 0 radical (unpaired) electrons. The van der Waals surface area contributed by atoms with Gasteiger partial charge in [-0.05, 0) is 39.7 Å². The van der Waals surface area contributed by atoms with Gasteiger partial charge in [-0.2, -0.15) is 0 Å². The average molecular weight is 405 g/mol. The van der Waals surface area contributed by atoms with Crippen molar-refractivity contribution in [2.75, 3.05) is 13.1 Å². The quantitative estimate of drug-likeness (QED) is 0.142. The van der Waals surface area contributed by atoms with Crippen LogP contribution in [-0.4, -0.2) is 82.4 Å². The Kier molecular flexibility index (Phi) is 11.9. The zero-order valence-corrected chi connectivity index (χ0v) is 16.1. The predicted octanol–water partition coefficient (Wildman–Crippen LogP) is -3.63. The molecular weight excluding hydrogens is 374 g/mol. The minimum absolute atomic E-state index is 0.183. The second-order valence-electron chi connectivity index (χ2n) is 6.45. The van der Waals surface area contributed by atoms with E-state index in [9.17, 15) is 29.4 Å². The smallest absolute Gasteiger partial charge is 0.328 e. The Balaban J connectivity index is 4.90. The van der Waals surface area contributed by atoms with Gasteiger partial charge in [0, 0.05) is 0 Å². The van der Waals surface area contributed by atoms with E-state index in [4.69, 9.17) is 16.6 Å². The van der Waals surface area contributed by atoms with Crippen LogP contribution in [0.4, 0.5) is 0 Å². The Hall–Kier alpha value is -2.28. The summed E-state index contributed by atoms with van der Waals surface area (Å²) in [5, 5.41) is 34.6. The maximum atomic E-state index is 12.4. The van der Waals surface area contributed by atoms with E-state index in [1.54, 1.807) is 0 Å². The van der Waals surface area contributed by atoms with Crippen LogP contribution in [-0.2, 0) is 19.2 Å². The summed E-state index contributed by atoms with van der Waals surface area (Å²) in [5.74, 6) is -3.65. The molecule has 5 atom stereocenters. The van der Waals surface area contributed by atoms with Crippen LogP contribution in [0.25, 0.3) is 0 Å². The van der Waals surface area contributed by atoms with Crippen LogP contribution < -0.4 is 27.4 Å². The molecule has 0 bridgehead atoms. The van der Waals surface area contributed by atoms with E-state index in [-0.39, 0.29) is 6.42 Å². The third-order valence-corrected chi connectivity index (χ3v) is 3.89. The van der Waals surface area contributed by atoms with Crippen LogP contribution in [0.1, 0.15) is 33.1 Å². The highest BCUT2D eigenvalue weighted by atomic mass is 16.4. The summed E-state index contributed by atoms with van der Waals surface area (Å²) in [4.78, 5) is 47.2. The zero-order valence-electron chi connectivity index (χ0n) is 16.1. The number of aliphatic carboxylic acids is 1. The summed E-state index contributed by atoms with van der Waals surface area (Å²) in [6.45, 7) is 2.42. The molecule has 10 N–H and O–H groups in total. The maximum Gasteiger partial charge on any atom is 0.328 e. The number of carboxylic acids is 1. The van der Waals surface area contributed by atoms with Crippen LogP contribution in [0.3, 0.4) is 0 Å². The molecule has 0 aromatic carbocycles. The molecular formula is C16H31N5O7. The molecule has 3 amide bonds. The first kappa shape index (κ1) is 25.7. The van der Waals surface area contributed by atoms with Crippen molar-refractivity contribution in [1.82, 2.24) is 16.0 Å². The van der Waals surface area contributed by atoms with Crippen molar-refractivity contribution in [1.29, 1.82) is 0 Å². The molecule has 0 saturated carbocycles. The van der Waals surface area contributed by atoms with Gasteiger partial charge in [-0.1, -0.05) is 0 Å². The third-order valence-electron chi connectivity index (χ3n) is 3.89. The lowest BCUT2D eigenvalue weighted by Gasteiger charge is -2.23. The molecule has 0 aromatic rings. The van der Waals surface area contributed by atoms with E-state index in [0.717, 1.165) is 0 Å². The van der Waals surface area contributed by atoms with E-state index in [0.29, 0.717) is 19.4 Å². The fourth-order valence-electron chi connectivity index (χ4n) is 2.15. The molecule has 0 aliphatic rings. The fraction of sp³-hybridized carbons (Fsp3) is 0.750. The van der Waals surface area contributed by atoms with Crippen LogP contribution in [0.5, 0.6) is 0 Å². The number of hydrogen-bond donors (Lipinski definition) is 8. The van der Waals surface area contributed by atoms with Gasteiger partial charge in [0.15, 0.2) is 6.04 Å². The van der Waals surface area contributed by atoms with Crippen molar-refractivity contribution >= 4 is 23.7 Å². The number of nitrogens with two attached hydrogens (primary N) is 2. The van der Waals surface area contributed by atoms with Gasteiger partial charge in [0.2, 0.25) is 17.7 Å². The molecule has 12 nitrogen and oxygen atoms in total. The summed E-state index contributed by atoms with van der Waals surface area (Å²) in [5.41, 5.74) is 10.8. The molecule has 0 aliphatic heterocycles. The molecule has 0 heterocycles. The number of carbonyl (C=O) groups is 4. The summed E-state index contributed by atoms with van der Waals surface area (Å²) in [6, 6.07) is -3.83. The number of aliphatic hydroxyl groups excluding tert-OH is 2. The molecule has 0 fully saturated rings. The molecule has 0 saturated heterocycles. The monoisotopic (exact) mass is 405 g/mol. The van der Waals surface area contributed by atoms with Gasteiger partial charge in [0.05, 0.1) is 18.8 Å². The lowest BCUT2D eigenvalue weighted by atomic mass is 10.1. The van der Waals surface area contributed by atoms with Gasteiger partial charge in [-0.15, -0.1) is 0 Å². The Morgan fingerprint density at radius 1 is 0.964 bits per heavy atom. The second-order valence-corrected chi connectivity index (χ2v) is 6.45. The summed E-state index contributed by atoms with van der Waals surface area (Å²) in [6.07, 6.45) is -1.20. The van der Waals surface area contributed by atoms with Crippen LogP contribution in [0.2, 0.25) is 0 Å². The van der Waals surface area contributed by atoms with E-state index in [2.05, 4.69) is 16.0 Å². The number of unbranched alkanes of at least 4 members (excludes halogenated alkanes) is 1. The molecule has 28 heavy (non-hydrogen) atoms. The van der Waals surface area contributed by atoms with Gasteiger partial charge in [0.25, 0.3) is 0 Å². The van der Waals surface area contributed by atoms with Crippen molar-refractivity contribution in [3.8, 4) is 0 Å². The molecule has 0 aliphatic carbocycles. The number of carboxylic acid groups (broad SMARTS) is 1. The van der Waals surface area contributed by atoms with Gasteiger partial charge in [-0.25, -0.2) is 4.79 Å². The summed E-state index contributed by atoms with van der Waals surface area (Å²) >= 11 is 0. The standard InChI is InChI=1S/C16H31N5O7/c1-8(22)12(18)15(26)19-7-11(24)20-10(5-3-4-6-17)14(25)21-13(9(2)23)16(27)28/h8-10,12-13,22-23H,3-7,17-18H2,1-2H3,(H,19,26)(H,20,24)(H,21,25)(H,27,28). The SMILES string of the molecule is CC(O)C(N)C(=O)NCC(=O)NC(CCCCN)C(=O)NC(C(=O)O)C(C)O. The van der Waals surface area contributed by atoms with Gasteiger partial charge >= 0.3 is 5.97 Å². The highest BCUT2D eigenvalue weighted by Crippen LogP contribution is 2.03. The third kappa shape index (κ3) is 9.60. The lowest BCUT2D eigenvalue weighted by Crippen LogP contribution is -2.56. The van der Waals surface area contributed by atoms with Crippen LogP contribution in [0.15, 0.2) is 0 Å². The highest BCUT2D eigenvalue weighted by Gasteiger charge is 2.29. The second kappa shape index (κ2) is 13.0. The van der Waals surface area contributed by atoms with Crippen molar-refractivity contribution < 1.29 is 34.5 Å². The number of nitrogens with one attached hydrogen (secondary N) is 3. The normalized spacial score (nSPS) is 16.2. The Bertz CT molecular complexity index is 541. The fourth-order valence-corrected chi connectivity index (χ4v) is 2.15. The Morgan fingerprint density at radius 3 is 2.04 bits per heavy atom. The molecule has 0 rings (SSSR count). The summed E-state index contributed by atoms with van der Waals surface area (Å²) in [7, 11) is 0. The number of rotatable bonds is 13. The van der Waals surface area contributed by atoms with Gasteiger partial charge in [0.1, 0.15) is 12.1 Å². The van der Waals surface area contributed by atoms with E-state index in [1.807, 2.05) is 0 Å². The Labute approximate surface area is 163 Å². The van der Waals surface area contributed by atoms with Crippen LogP contribution in [0, 0.1) is 0 Å². The predicted molar refractivity (Wildman–Crippen MR) is 98.7 cm³/mol. The lowest BCUT2D eigenvalue weighted by molar-refractivity contribution is -0.145. The van der Waals surface area contributed by atoms with Gasteiger partial charge < -0.3 is 42.7 Å². The zero-order chi connectivity index (χ0) is 21.9. The van der Waals surface area contributed by atoms with Crippen LogP contribution >= 0.6 is 0 Å². The minimum Gasteiger partial charge on any atom is -0.480 e. The van der Waals surface area contributed by atoms with Crippen molar-refractivity contribution in [3.63, 3.8) is 0 Å². The molecule has 0 spiro atoms. The summed E-state index contributed by atoms with van der Waals surface area (Å²) < 4.78 is 0. The minimum atomic E-state index is -1.54. The maximum absolute atomic E-state index is 12.4. The van der Waals surface area contributed by atoms with E-state index < -0.39 is 60.6 Å². The molecule has 5 unspecified atom stereocenters. The molecule has 12 heteroatoms. The van der Waals surface area contributed by atoms with Crippen molar-refractivity contribution in [2.45, 2.75) is 63.4 Å². The number of carbonyl (C=O) groups excluding carboxylic acids is 3. The topological polar surface area (TPSA) is 217 Å². The molecule has 0 aromatic heterocycles. The van der Waals surface area contributed by atoms with Gasteiger partial charge in [-0.3, -0.25) is 14.4 Å². The Morgan fingerprint density at radius 2 is 1.57 bits per heavy atom. The van der Waals surface area contributed by atoms with E-state index >= 15 is 0 Å². The average Bonchev–Trinajstić information content (AvgIpc) is 2.61. The van der Waals surface area contributed by atoms with Crippen molar-refractivity contribution in [3.05, 3.63) is 0 Å². The number of hydrogen-bond acceptors (Lipinski definition) is 8. The molecule has 162 valence electrons.